The van der Waals surface area contributed by atoms with E-state index in [9.17, 15) is 9.90 Å². The van der Waals surface area contributed by atoms with Gasteiger partial charge < -0.3 is 14.7 Å². The summed E-state index contributed by atoms with van der Waals surface area (Å²) in [4.78, 5) is 13.3. The van der Waals surface area contributed by atoms with E-state index in [1.807, 2.05) is 44.2 Å². The Morgan fingerprint density at radius 3 is 2.68 bits per heavy atom. The second-order valence-electron chi connectivity index (χ2n) is 4.28. The maximum Gasteiger partial charge on any atom is 0.410 e. The van der Waals surface area contributed by atoms with Crippen LogP contribution in [0.25, 0.3) is 0 Å². The predicted octanol–water partition coefficient (Wildman–Crippen LogP) is 2.81. The summed E-state index contributed by atoms with van der Waals surface area (Å²) < 4.78 is 5.19. The SMILES string of the molecule is CC.O=C(OCc1ccccc1)N1CCCC(O)C1. The van der Waals surface area contributed by atoms with Crippen molar-refractivity contribution in [3.63, 3.8) is 0 Å². The van der Waals surface area contributed by atoms with E-state index in [0.29, 0.717) is 13.1 Å². The summed E-state index contributed by atoms with van der Waals surface area (Å²) >= 11 is 0. The number of nitrogens with zero attached hydrogens (tertiary/aromatic N) is 1. The molecule has 0 saturated carbocycles. The minimum absolute atomic E-state index is 0.284. The van der Waals surface area contributed by atoms with Gasteiger partial charge in [-0.1, -0.05) is 44.2 Å². The molecular formula is C15H23NO3. The average molecular weight is 265 g/mol. The van der Waals surface area contributed by atoms with Crippen LogP contribution in [-0.2, 0) is 11.3 Å². The first-order chi connectivity index (χ1) is 9.25. The monoisotopic (exact) mass is 265 g/mol. The second-order valence-corrected chi connectivity index (χ2v) is 4.28. The van der Waals surface area contributed by atoms with E-state index in [1.165, 1.54) is 0 Å². The number of aliphatic hydroxyl groups is 1. The van der Waals surface area contributed by atoms with Crippen LogP contribution < -0.4 is 0 Å². The molecule has 1 heterocycles. The number of hydrogen-bond acceptors (Lipinski definition) is 3. The van der Waals surface area contributed by atoms with E-state index in [0.717, 1.165) is 18.4 Å². The molecule has 1 amide bonds. The van der Waals surface area contributed by atoms with Crippen LogP contribution in [0.3, 0.4) is 0 Å². The molecule has 1 aliphatic rings. The summed E-state index contributed by atoms with van der Waals surface area (Å²) in [5, 5.41) is 9.46. The summed E-state index contributed by atoms with van der Waals surface area (Å²) in [6.07, 6.45) is 0.852. The normalized spacial score (nSPS) is 18.3. The number of hydrogen-bond donors (Lipinski definition) is 1. The first kappa shape index (κ1) is 15.5. The number of rotatable bonds is 2. The molecule has 1 aliphatic heterocycles. The van der Waals surface area contributed by atoms with Crippen LogP contribution in [0, 0.1) is 0 Å². The first-order valence-electron chi connectivity index (χ1n) is 6.89. The number of β-amino-alcohol motifs (C(OH)–C–C–N with tert-alkyl or cyclic N) is 1. The molecule has 0 aromatic heterocycles. The third-order valence-electron chi connectivity index (χ3n) is 2.86. The van der Waals surface area contributed by atoms with Crippen molar-refractivity contribution >= 4 is 6.09 Å². The highest BCUT2D eigenvalue weighted by atomic mass is 16.6. The lowest BCUT2D eigenvalue weighted by Gasteiger charge is -2.29. The third kappa shape index (κ3) is 5.30. The summed E-state index contributed by atoms with van der Waals surface area (Å²) in [7, 11) is 0. The molecule has 1 saturated heterocycles. The zero-order valence-electron chi connectivity index (χ0n) is 11.7. The van der Waals surface area contributed by atoms with E-state index in [4.69, 9.17) is 4.74 Å². The van der Waals surface area contributed by atoms with Crippen molar-refractivity contribution in [2.75, 3.05) is 13.1 Å². The lowest BCUT2D eigenvalue weighted by atomic mass is 10.1. The minimum Gasteiger partial charge on any atom is -0.445 e. The van der Waals surface area contributed by atoms with Gasteiger partial charge in [-0.2, -0.15) is 0 Å². The molecule has 106 valence electrons. The maximum atomic E-state index is 11.7. The van der Waals surface area contributed by atoms with E-state index < -0.39 is 6.10 Å². The Kier molecular flexibility index (Phi) is 6.97. The number of amides is 1. The largest absolute Gasteiger partial charge is 0.445 e. The highest BCUT2D eigenvalue weighted by Gasteiger charge is 2.22. The second kappa shape index (κ2) is 8.53. The number of likely N-dealkylation sites (tertiary alicyclic amines) is 1. The molecule has 1 N–H and O–H groups in total. The van der Waals surface area contributed by atoms with Gasteiger partial charge >= 0.3 is 6.09 Å². The molecule has 1 aromatic carbocycles. The van der Waals surface area contributed by atoms with Crippen molar-refractivity contribution in [3.8, 4) is 0 Å². The van der Waals surface area contributed by atoms with Crippen LogP contribution in [0.2, 0.25) is 0 Å². The molecular weight excluding hydrogens is 242 g/mol. The predicted molar refractivity (Wildman–Crippen MR) is 74.8 cm³/mol. The number of ether oxygens (including phenoxy) is 1. The van der Waals surface area contributed by atoms with Crippen molar-refractivity contribution in [3.05, 3.63) is 35.9 Å². The number of piperidine rings is 1. The summed E-state index contributed by atoms with van der Waals surface area (Å²) in [5.74, 6) is 0. The lowest BCUT2D eigenvalue weighted by molar-refractivity contribution is 0.0461. The Hall–Kier alpha value is -1.55. The van der Waals surface area contributed by atoms with Crippen molar-refractivity contribution in [2.45, 2.75) is 39.4 Å². The molecule has 1 fully saturated rings. The van der Waals surface area contributed by atoms with Crippen LogP contribution in [-0.4, -0.2) is 35.3 Å². The summed E-state index contributed by atoms with van der Waals surface area (Å²) in [6, 6.07) is 9.57. The molecule has 4 nitrogen and oxygen atoms in total. The Bertz CT molecular complexity index is 367. The first-order valence-corrected chi connectivity index (χ1v) is 6.89. The molecule has 1 unspecified atom stereocenters. The Morgan fingerprint density at radius 2 is 2.05 bits per heavy atom. The van der Waals surface area contributed by atoms with Crippen molar-refractivity contribution in [2.24, 2.45) is 0 Å². The number of carbonyl (C=O) groups is 1. The van der Waals surface area contributed by atoms with Gasteiger partial charge in [0.1, 0.15) is 6.61 Å². The molecule has 1 aromatic rings. The molecule has 0 radical (unpaired) electrons. The van der Waals surface area contributed by atoms with Gasteiger partial charge in [0.15, 0.2) is 0 Å². The quantitative estimate of drug-likeness (QED) is 0.894. The van der Waals surface area contributed by atoms with Crippen molar-refractivity contribution in [1.82, 2.24) is 4.90 Å². The molecule has 1 atom stereocenters. The zero-order valence-corrected chi connectivity index (χ0v) is 11.7. The lowest BCUT2D eigenvalue weighted by Crippen LogP contribution is -2.42. The van der Waals surface area contributed by atoms with Gasteiger partial charge in [-0.3, -0.25) is 0 Å². The van der Waals surface area contributed by atoms with Crippen molar-refractivity contribution < 1.29 is 14.6 Å². The number of carbonyl (C=O) groups excluding carboxylic acids is 1. The van der Waals surface area contributed by atoms with Gasteiger partial charge in [-0.15, -0.1) is 0 Å². The van der Waals surface area contributed by atoms with Crippen molar-refractivity contribution in [1.29, 1.82) is 0 Å². The van der Waals surface area contributed by atoms with Crippen LogP contribution in [0.1, 0.15) is 32.3 Å². The smallest absolute Gasteiger partial charge is 0.410 e. The van der Waals surface area contributed by atoms with Crippen LogP contribution in [0.15, 0.2) is 30.3 Å². The van der Waals surface area contributed by atoms with E-state index in [1.54, 1.807) is 4.90 Å². The van der Waals surface area contributed by atoms with E-state index in [2.05, 4.69) is 0 Å². The van der Waals surface area contributed by atoms with Gasteiger partial charge in [-0.25, -0.2) is 4.79 Å². The van der Waals surface area contributed by atoms with Gasteiger partial charge in [0.2, 0.25) is 0 Å². The highest BCUT2D eigenvalue weighted by molar-refractivity contribution is 5.67. The molecule has 19 heavy (non-hydrogen) atoms. The molecule has 0 bridgehead atoms. The van der Waals surface area contributed by atoms with Gasteiger partial charge in [0, 0.05) is 13.1 Å². The molecule has 4 heteroatoms. The topological polar surface area (TPSA) is 49.8 Å². The fraction of sp³-hybridized carbons (Fsp3) is 0.533. The van der Waals surface area contributed by atoms with Crippen LogP contribution in [0.5, 0.6) is 0 Å². The molecule has 0 aliphatic carbocycles. The Labute approximate surface area is 115 Å². The van der Waals surface area contributed by atoms with Gasteiger partial charge in [0.05, 0.1) is 6.10 Å². The Morgan fingerprint density at radius 1 is 1.37 bits per heavy atom. The Balaban J connectivity index is 0.000000861. The third-order valence-corrected chi connectivity index (χ3v) is 2.86. The number of aliphatic hydroxyl groups excluding tert-OH is 1. The maximum absolute atomic E-state index is 11.7. The summed E-state index contributed by atoms with van der Waals surface area (Å²) in [6.45, 7) is 5.34. The molecule has 2 rings (SSSR count). The van der Waals surface area contributed by atoms with Gasteiger partial charge in [-0.05, 0) is 18.4 Å². The summed E-state index contributed by atoms with van der Waals surface area (Å²) in [5.41, 5.74) is 0.971. The fourth-order valence-electron chi connectivity index (χ4n) is 1.93. The minimum atomic E-state index is -0.409. The van der Waals surface area contributed by atoms with E-state index >= 15 is 0 Å². The molecule has 0 spiro atoms. The number of benzene rings is 1. The average Bonchev–Trinajstić information content (AvgIpc) is 2.48. The highest BCUT2D eigenvalue weighted by Crippen LogP contribution is 2.11. The fourth-order valence-corrected chi connectivity index (χ4v) is 1.93. The zero-order chi connectivity index (χ0) is 14.1. The van der Waals surface area contributed by atoms with Crippen LogP contribution >= 0.6 is 0 Å². The van der Waals surface area contributed by atoms with Gasteiger partial charge in [0.25, 0.3) is 0 Å². The standard InChI is InChI=1S/C13H17NO3.C2H6/c15-12-7-4-8-14(9-12)13(16)17-10-11-5-2-1-3-6-11;1-2/h1-3,5-6,12,15H,4,7-10H2;1-2H3. The van der Waals surface area contributed by atoms with Crippen LogP contribution in [0.4, 0.5) is 4.79 Å². The van der Waals surface area contributed by atoms with E-state index in [-0.39, 0.29) is 12.7 Å².